The van der Waals surface area contributed by atoms with E-state index in [1.165, 1.54) is 0 Å². The molecular weight excluding hydrogens is 476 g/mol. The van der Waals surface area contributed by atoms with Crippen molar-refractivity contribution in [3.05, 3.63) is 48.0 Å². The van der Waals surface area contributed by atoms with E-state index >= 15 is 0 Å². The van der Waals surface area contributed by atoms with E-state index < -0.39 is 5.97 Å². The monoisotopic (exact) mass is 504 g/mol. The summed E-state index contributed by atoms with van der Waals surface area (Å²) in [4.78, 5) is 29.9. The molecule has 0 saturated carbocycles. The number of aromatic nitrogens is 3. The molecule has 1 aromatic heterocycles. The van der Waals surface area contributed by atoms with Gasteiger partial charge in [0.05, 0.1) is 49.1 Å². The molecule has 12 nitrogen and oxygen atoms in total. The molecule has 37 heavy (non-hydrogen) atoms. The Hall–Kier alpha value is -4.16. The summed E-state index contributed by atoms with van der Waals surface area (Å²) in [6, 6.07) is 13.0. The van der Waals surface area contributed by atoms with Crippen LogP contribution in [0.4, 0.5) is 29.0 Å². The predicted molar refractivity (Wildman–Crippen MR) is 139 cm³/mol. The van der Waals surface area contributed by atoms with Crippen LogP contribution in [-0.2, 0) is 9.47 Å². The van der Waals surface area contributed by atoms with Crippen LogP contribution < -0.4 is 25.6 Å². The lowest BCUT2D eigenvalue weighted by Crippen LogP contribution is -2.40. The molecule has 2 saturated heterocycles. The van der Waals surface area contributed by atoms with Gasteiger partial charge in [-0.3, -0.25) is 10.4 Å². The van der Waals surface area contributed by atoms with E-state index in [1.807, 2.05) is 29.3 Å². The normalized spacial score (nSPS) is 17.4. The van der Waals surface area contributed by atoms with Crippen molar-refractivity contribution in [1.82, 2.24) is 15.0 Å². The fourth-order valence-corrected chi connectivity index (χ4v) is 4.54. The average Bonchev–Trinajstić information content (AvgIpc) is 3.36. The maximum Gasteiger partial charge on any atom is 0.335 e. The Morgan fingerprint density at radius 1 is 0.865 bits per heavy atom. The SMILES string of the molecule is O=C(O)c1ccc2c(c1)NCN2Nc1ccc(-c2nc(N3CCOCC3)nc(N3CCOCC3)n2)cc1. The maximum absolute atomic E-state index is 11.3. The number of ether oxygens (including phenoxy) is 2. The number of fused-ring (bicyclic) bond motifs is 1. The first-order valence-corrected chi connectivity index (χ1v) is 12.3. The molecular formula is C25H28N8O4. The van der Waals surface area contributed by atoms with Gasteiger partial charge < -0.3 is 29.7 Å². The first kappa shape index (κ1) is 23.3. The third kappa shape index (κ3) is 4.93. The molecule has 4 heterocycles. The number of nitrogens with one attached hydrogen (secondary N) is 2. The topological polar surface area (TPSA) is 128 Å². The third-order valence-corrected chi connectivity index (χ3v) is 6.57. The molecule has 192 valence electrons. The Labute approximate surface area is 213 Å². The zero-order valence-electron chi connectivity index (χ0n) is 20.3. The number of aromatic carboxylic acids is 1. The van der Waals surface area contributed by atoms with Crippen LogP contribution in [0.1, 0.15) is 10.4 Å². The Bertz CT molecular complexity index is 1240. The van der Waals surface area contributed by atoms with Crippen molar-refractivity contribution < 1.29 is 19.4 Å². The average molecular weight is 505 g/mol. The van der Waals surface area contributed by atoms with Gasteiger partial charge in [-0.15, -0.1) is 0 Å². The summed E-state index contributed by atoms with van der Waals surface area (Å²) < 4.78 is 11.0. The number of anilines is 5. The molecule has 0 amide bonds. The van der Waals surface area contributed by atoms with Crippen LogP contribution in [0, 0.1) is 0 Å². The Morgan fingerprint density at radius 2 is 1.49 bits per heavy atom. The third-order valence-electron chi connectivity index (χ3n) is 6.57. The van der Waals surface area contributed by atoms with E-state index in [2.05, 4.69) is 20.5 Å². The largest absolute Gasteiger partial charge is 0.478 e. The van der Waals surface area contributed by atoms with E-state index in [0.29, 0.717) is 50.8 Å². The quantitative estimate of drug-likeness (QED) is 0.455. The number of nitrogens with zero attached hydrogens (tertiary/aromatic N) is 6. The number of hydrogen-bond donors (Lipinski definition) is 3. The van der Waals surface area contributed by atoms with Gasteiger partial charge in [0.25, 0.3) is 0 Å². The number of carbonyl (C=O) groups is 1. The highest BCUT2D eigenvalue weighted by molar-refractivity contribution is 5.92. The van der Waals surface area contributed by atoms with Gasteiger partial charge in [-0.25, -0.2) is 4.79 Å². The summed E-state index contributed by atoms with van der Waals surface area (Å²) in [5.74, 6) is 1.01. The van der Waals surface area contributed by atoms with Crippen molar-refractivity contribution in [3.63, 3.8) is 0 Å². The molecule has 0 atom stereocenters. The molecule has 6 rings (SSSR count). The second-order valence-corrected chi connectivity index (χ2v) is 8.95. The number of carboxylic acid groups (broad SMARTS) is 1. The number of carboxylic acids is 1. The summed E-state index contributed by atoms with van der Waals surface area (Å²) >= 11 is 0. The van der Waals surface area contributed by atoms with E-state index in [-0.39, 0.29) is 5.56 Å². The smallest absolute Gasteiger partial charge is 0.335 e. The second kappa shape index (κ2) is 10.1. The Kier molecular flexibility index (Phi) is 6.33. The summed E-state index contributed by atoms with van der Waals surface area (Å²) in [6.07, 6.45) is 0. The molecule has 0 radical (unpaired) electrons. The van der Waals surface area contributed by atoms with E-state index in [0.717, 1.165) is 48.8 Å². The van der Waals surface area contributed by atoms with Crippen LogP contribution in [0.5, 0.6) is 0 Å². The van der Waals surface area contributed by atoms with Crippen molar-refractivity contribution in [1.29, 1.82) is 0 Å². The lowest BCUT2D eigenvalue weighted by Gasteiger charge is -2.30. The molecule has 3 aliphatic heterocycles. The van der Waals surface area contributed by atoms with Crippen LogP contribution in [0.2, 0.25) is 0 Å². The summed E-state index contributed by atoms with van der Waals surface area (Å²) in [5.41, 5.74) is 7.07. The molecule has 2 fully saturated rings. The van der Waals surface area contributed by atoms with E-state index in [4.69, 9.17) is 24.4 Å². The molecule has 0 aliphatic carbocycles. The van der Waals surface area contributed by atoms with Crippen molar-refractivity contribution in [2.24, 2.45) is 0 Å². The molecule has 3 aromatic rings. The zero-order chi connectivity index (χ0) is 25.2. The standard InChI is InChI=1S/C25H28N8O4/c34-23(35)18-3-6-21-20(15-18)26-16-33(21)30-19-4-1-17(2-5-19)22-27-24(31-7-11-36-12-8-31)29-25(28-22)32-9-13-37-14-10-32/h1-6,15,26,30H,7-14,16H2,(H,34,35). The van der Waals surface area contributed by atoms with Gasteiger partial charge in [-0.1, -0.05) is 0 Å². The number of hydrazine groups is 1. The summed E-state index contributed by atoms with van der Waals surface area (Å²) in [7, 11) is 0. The van der Waals surface area contributed by atoms with Crippen LogP contribution in [-0.4, -0.2) is 85.3 Å². The van der Waals surface area contributed by atoms with E-state index in [1.54, 1.807) is 18.2 Å². The Balaban J connectivity index is 1.23. The minimum Gasteiger partial charge on any atom is -0.478 e. The summed E-state index contributed by atoms with van der Waals surface area (Å²) in [6.45, 7) is 6.10. The minimum atomic E-state index is -0.946. The molecule has 2 aromatic carbocycles. The molecule has 3 N–H and O–H groups in total. The molecule has 0 unspecified atom stereocenters. The molecule has 0 spiro atoms. The highest BCUT2D eigenvalue weighted by Crippen LogP contribution is 2.33. The first-order chi connectivity index (χ1) is 18.1. The maximum atomic E-state index is 11.3. The fraction of sp³-hybridized carbons (Fsp3) is 0.360. The van der Waals surface area contributed by atoms with Crippen LogP contribution in [0.3, 0.4) is 0 Å². The minimum absolute atomic E-state index is 0.253. The van der Waals surface area contributed by atoms with Gasteiger partial charge in [0.1, 0.15) is 6.67 Å². The van der Waals surface area contributed by atoms with Crippen molar-refractivity contribution in [2.45, 2.75) is 0 Å². The number of rotatable bonds is 6. The highest BCUT2D eigenvalue weighted by Gasteiger charge is 2.22. The fourth-order valence-electron chi connectivity index (χ4n) is 4.54. The Morgan fingerprint density at radius 3 is 2.08 bits per heavy atom. The van der Waals surface area contributed by atoms with Crippen LogP contribution in [0.25, 0.3) is 11.4 Å². The lowest BCUT2D eigenvalue weighted by molar-refractivity contribution is 0.0697. The van der Waals surface area contributed by atoms with Gasteiger partial charge in [0, 0.05) is 31.7 Å². The second-order valence-electron chi connectivity index (χ2n) is 8.95. The molecule has 3 aliphatic rings. The number of morpholine rings is 2. The molecule has 0 bridgehead atoms. The first-order valence-electron chi connectivity index (χ1n) is 12.3. The van der Waals surface area contributed by atoms with Gasteiger partial charge in [-0.05, 0) is 42.5 Å². The number of hydrogen-bond acceptors (Lipinski definition) is 11. The predicted octanol–water partition coefficient (Wildman–Crippen LogP) is 2.13. The van der Waals surface area contributed by atoms with Crippen molar-refractivity contribution >= 4 is 34.9 Å². The molecule has 12 heteroatoms. The van der Waals surface area contributed by atoms with Gasteiger partial charge in [0.15, 0.2) is 5.82 Å². The summed E-state index contributed by atoms with van der Waals surface area (Å²) in [5, 5.41) is 14.4. The number of benzene rings is 2. The zero-order valence-corrected chi connectivity index (χ0v) is 20.3. The van der Waals surface area contributed by atoms with Gasteiger partial charge >= 0.3 is 5.97 Å². The van der Waals surface area contributed by atoms with Crippen LogP contribution in [0.15, 0.2) is 42.5 Å². The van der Waals surface area contributed by atoms with E-state index in [9.17, 15) is 9.90 Å². The van der Waals surface area contributed by atoms with Gasteiger partial charge in [0.2, 0.25) is 11.9 Å². The highest BCUT2D eigenvalue weighted by atomic mass is 16.5. The van der Waals surface area contributed by atoms with Crippen molar-refractivity contribution in [3.8, 4) is 11.4 Å². The van der Waals surface area contributed by atoms with Gasteiger partial charge in [-0.2, -0.15) is 15.0 Å². The van der Waals surface area contributed by atoms with Crippen LogP contribution >= 0.6 is 0 Å². The van der Waals surface area contributed by atoms with Crippen molar-refractivity contribution in [2.75, 3.05) is 84.8 Å². The lowest BCUT2D eigenvalue weighted by atomic mass is 10.2.